The molecule has 30 heavy (non-hydrogen) atoms. The third-order valence-corrected chi connectivity index (χ3v) is 6.42. The minimum atomic E-state index is -3.35. The molecule has 1 atom stereocenters. The van der Waals surface area contributed by atoms with Gasteiger partial charge in [0.2, 0.25) is 5.91 Å². The second-order valence-corrected chi connectivity index (χ2v) is 8.92. The van der Waals surface area contributed by atoms with Gasteiger partial charge < -0.3 is 16.0 Å². The SMILES string of the molecule is CCNC(=NCC1CC(=O)Nc2ccccc21)NCCS(=O)(=O)c1ccccc1.I. The maximum Gasteiger partial charge on any atom is 0.225 e. The first kappa shape index (κ1) is 24.1. The van der Waals surface area contributed by atoms with E-state index in [0.717, 1.165) is 11.3 Å². The number of carbonyl (C=O) groups is 1. The molecule has 3 rings (SSSR count). The van der Waals surface area contributed by atoms with Crippen molar-refractivity contribution in [1.82, 2.24) is 10.6 Å². The van der Waals surface area contributed by atoms with E-state index in [1.807, 2.05) is 31.2 Å². The number of para-hydroxylation sites is 1. The fraction of sp³-hybridized carbons (Fsp3) is 0.333. The number of sulfone groups is 1. The second-order valence-electron chi connectivity index (χ2n) is 6.81. The summed E-state index contributed by atoms with van der Waals surface area (Å²) in [7, 11) is -3.35. The van der Waals surface area contributed by atoms with Crippen LogP contribution in [0.2, 0.25) is 0 Å². The largest absolute Gasteiger partial charge is 0.357 e. The standard InChI is InChI=1S/C21H26N4O3S.HI/c1-2-22-21(23-12-13-29(27,28)17-8-4-3-5-9-17)24-15-16-14-20(26)25-19-11-7-6-10-18(16)19;/h3-11,16H,2,12-15H2,1H3,(H,25,26)(H2,22,23,24);1H. The fourth-order valence-corrected chi connectivity index (χ4v) is 4.44. The molecule has 1 aliphatic heterocycles. The van der Waals surface area contributed by atoms with Gasteiger partial charge in [0.25, 0.3) is 0 Å². The molecule has 0 bridgehead atoms. The summed E-state index contributed by atoms with van der Waals surface area (Å²) in [6.45, 7) is 3.27. The van der Waals surface area contributed by atoms with E-state index in [0.29, 0.717) is 30.4 Å². The molecule has 3 N–H and O–H groups in total. The van der Waals surface area contributed by atoms with Crippen LogP contribution in [-0.4, -0.2) is 45.7 Å². The number of nitrogens with one attached hydrogen (secondary N) is 3. The molecular formula is C21H27IN4O3S. The van der Waals surface area contributed by atoms with Gasteiger partial charge in [0.1, 0.15) is 0 Å². The number of aliphatic imine (C=N–C) groups is 1. The molecule has 7 nitrogen and oxygen atoms in total. The van der Waals surface area contributed by atoms with E-state index in [2.05, 4.69) is 20.9 Å². The van der Waals surface area contributed by atoms with Crippen molar-refractivity contribution in [2.24, 2.45) is 4.99 Å². The highest BCUT2D eigenvalue weighted by atomic mass is 127. The second kappa shape index (κ2) is 11.3. The Labute approximate surface area is 194 Å². The van der Waals surface area contributed by atoms with E-state index in [1.54, 1.807) is 30.3 Å². The van der Waals surface area contributed by atoms with Gasteiger partial charge in [-0.05, 0) is 30.7 Å². The number of rotatable bonds is 7. The Morgan fingerprint density at radius 3 is 2.53 bits per heavy atom. The Morgan fingerprint density at radius 2 is 1.80 bits per heavy atom. The molecule has 0 aromatic heterocycles. The Hall–Kier alpha value is -2.14. The number of halogens is 1. The topological polar surface area (TPSA) is 99.7 Å². The van der Waals surface area contributed by atoms with Crippen LogP contribution in [0.15, 0.2) is 64.5 Å². The summed E-state index contributed by atoms with van der Waals surface area (Å²) >= 11 is 0. The third-order valence-electron chi connectivity index (χ3n) is 4.69. The number of nitrogens with zero attached hydrogens (tertiary/aromatic N) is 1. The number of guanidine groups is 1. The number of fused-ring (bicyclic) bond motifs is 1. The number of benzene rings is 2. The molecule has 162 valence electrons. The van der Waals surface area contributed by atoms with Crippen molar-refractivity contribution in [3.8, 4) is 0 Å². The zero-order valence-electron chi connectivity index (χ0n) is 16.8. The first-order chi connectivity index (χ1) is 14.0. The van der Waals surface area contributed by atoms with Crippen LogP contribution in [0.3, 0.4) is 0 Å². The predicted molar refractivity (Wildman–Crippen MR) is 130 cm³/mol. The van der Waals surface area contributed by atoms with Gasteiger partial charge in [-0.15, -0.1) is 24.0 Å². The van der Waals surface area contributed by atoms with Crippen molar-refractivity contribution in [2.75, 3.05) is 30.7 Å². The molecule has 0 spiro atoms. The summed E-state index contributed by atoms with van der Waals surface area (Å²) in [5.41, 5.74) is 1.90. The van der Waals surface area contributed by atoms with Gasteiger partial charge in [-0.25, -0.2) is 8.42 Å². The van der Waals surface area contributed by atoms with Crippen LogP contribution in [0.1, 0.15) is 24.8 Å². The van der Waals surface area contributed by atoms with E-state index >= 15 is 0 Å². The van der Waals surface area contributed by atoms with Crippen molar-refractivity contribution < 1.29 is 13.2 Å². The normalized spacial score (nSPS) is 16.1. The average Bonchev–Trinajstić information content (AvgIpc) is 2.72. The Bertz CT molecular complexity index is 981. The Balaban J connectivity index is 0.00000320. The van der Waals surface area contributed by atoms with Gasteiger partial charge in [-0.1, -0.05) is 36.4 Å². The summed E-state index contributed by atoms with van der Waals surface area (Å²) in [5.74, 6) is 0.481. The fourth-order valence-electron chi connectivity index (χ4n) is 3.26. The number of carbonyl (C=O) groups excluding carboxylic acids is 1. The third kappa shape index (κ3) is 6.43. The van der Waals surface area contributed by atoms with Gasteiger partial charge in [0.05, 0.1) is 17.2 Å². The average molecular weight is 542 g/mol. The maximum atomic E-state index is 12.4. The van der Waals surface area contributed by atoms with Crippen LogP contribution in [0.5, 0.6) is 0 Å². The van der Waals surface area contributed by atoms with E-state index < -0.39 is 9.84 Å². The zero-order valence-corrected chi connectivity index (χ0v) is 19.9. The number of hydrogen-bond donors (Lipinski definition) is 3. The van der Waals surface area contributed by atoms with Gasteiger partial charge >= 0.3 is 0 Å². The highest BCUT2D eigenvalue weighted by Gasteiger charge is 2.24. The zero-order chi connectivity index (χ0) is 20.7. The van der Waals surface area contributed by atoms with E-state index in [9.17, 15) is 13.2 Å². The lowest BCUT2D eigenvalue weighted by Gasteiger charge is -2.24. The monoisotopic (exact) mass is 542 g/mol. The van der Waals surface area contributed by atoms with Crippen LogP contribution in [0.4, 0.5) is 5.69 Å². The van der Waals surface area contributed by atoms with E-state index in [1.165, 1.54) is 0 Å². The molecule has 0 radical (unpaired) electrons. The van der Waals surface area contributed by atoms with Crippen molar-refractivity contribution in [2.45, 2.75) is 24.2 Å². The molecule has 0 saturated heterocycles. The lowest BCUT2D eigenvalue weighted by Crippen LogP contribution is -2.40. The Kier molecular flexibility index (Phi) is 9.09. The van der Waals surface area contributed by atoms with Crippen molar-refractivity contribution >= 4 is 51.4 Å². The molecule has 1 heterocycles. The van der Waals surface area contributed by atoms with Crippen LogP contribution in [0.25, 0.3) is 0 Å². The van der Waals surface area contributed by atoms with Crippen LogP contribution >= 0.6 is 24.0 Å². The molecule has 0 saturated carbocycles. The van der Waals surface area contributed by atoms with E-state index in [4.69, 9.17) is 0 Å². The molecule has 0 fully saturated rings. The lowest BCUT2D eigenvalue weighted by atomic mass is 9.91. The minimum absolute atomic E-state index is 0. The predicted octanol–water partition coefficient (Wildman–Crippen LogP) is 2.76. The van der Waals surface area contributed by atoms with Crippen molar-refractivity contribution in [1.29, 1.82) is 0 Å². The summed E-state index contributed by atoms with van der Waals surface area (Å²) in [4.78, 5) is 16.9. The highest BCUT2D eigenvalue weighted by molar-refractivity contribution is 14.0. The first-order valence-electron chi connectivity index (χ1n) is 9.68. The summed E-state index contributed by atoms with van der Waals surface area (Å²) in [6.07, 6.45) is 0.377. The Morgan fingerprint density at radius 1 is 1.10 bits per heavy atom. The number of hydrogen-bond acceptors (Lipinski definition) is 4. The molecule has 1 amide bonds. The number of amides is 1. The van der Waals surface area contributed by atoms with Gasteiger partial charge in [0, 0.05) is 31.1 Å². The number of anilines is 1. The van der Waals surface area contributed by atoms with Crippen molar-refractivity contribution in [3.05, 3.63) is 60.2 Å². The van der Waals surface area contributed by atoms with Crippen molar-refractivity contribution in [3.63, 3.8) is 0 Å². The van der Waals surface area contributed by atoms with Crippen LogP contribution < -0.4 is 16.0 Å². The van der Waals surface area contributed by atoms with Crippen LogP contribution in [-0.2, 0) is 14.6 Å². The smallest absolute Gasteiger partial charge is 0.225 e. The molecule has 0 aliphatic carbocycles. The lowest BCUT2D eigenvalue weighted by molar-refractivity contribution is -0.116. The molecule has 2 aromatic rings. The minimum Gasteiger partial charge on any atom is -0.357 e. The molecule has 9 heteroatoms. The van der Waals surface area contributed by atoms with Crippen LogP contribution in [0, 0.1) is 0 Å². The van der Waals surface area contributed by atoms with Gasteiger partial charge in [0.15, 0.2) is 15.8 Å². The first-order valence-corrected chi connectivity index (χ1v) is 11.3. The van der Waals surface area contributed by atoms with E-state index in [-0.39, 0.29) is 48.1 Å². The molecule has 2 aromatic carbocycles. The molecular weight excluding hydrogens is 515 g/mol. The summed E-state index contributed by atoms with van der Waals surface area (Å²) in [5, 5.41) is 9.09. The highest BCUT2D eigenvalue weighted by Crippen LogP contribution is 2.31. The van der Waals surface area contributed by atoms with Gasteiger partial charge in [-0.2, -0.15) is 0 Å². The quantitative estimate of drug-likeness (QED) is 0.284. The molecule has 1 aliphatic rings. The van der Waals surface area contributed by atoms with Gasteiger partial charge in [-0.3, -0.25) is 9.79 Å². The maximum absolute atomic E-state index is 12.4. The summed E-state index contributed by atoms with van der Waals surface area (Å²) < 4.78 is 24.8. The summed E-state index contributed by atoms with van der Waals surface area (Å²) in [6, 6.07) is 16.1. The molecule has 1 unspecified atom stereocenters.